The molecule has 0 bridgehead atoms. The summed E-state index contributed by atoms with van der Waals surface area (Å²) < 4.78 is 4.76. The Morgan fingerprint density at radius 3 is 2.40 bits per heavy atom. The average molecular weight is 350 g/mol. The van der Waals surface area contributed by atoms with Crippen LogP contribution in [0.5, 0.6) is 5.75 Å². The number of carbonyl (C=O) groups excluding carboxylic acids is 3. The average Bonchev–Trinajstić information content (AvgIpc) is 2.57. The molecular formula is C17H22N2O6. The number of carboxylic acid groups (broad SMARTS) is 1. The molecule has 0 spiro atoms. The van der Waals surface area contributed by atoms with Crippen molar-refractivity contribution in [1.29, 1.82) is 0 Å². The second kappa shape index (κ2) is 9.53. The van der Waals surface area contributed by atoms with Gasteiger partial charge in [-0.2, -0.15) is 0 Å². The topological polar surface area (TPSA) is 113 Å². The molecule has 1 aromatic rings. The summed E-state index contributed by atoms with van der Waals surface area (Å²) in [7, 11) is 3.80. The third-order valence-electron chi connectivity index (χ3n) is 3.46. The molecule has 25 heavy (non-hydrogen) atoms. The van der Waals surface area contributed by atoms with Crippen LogP contribution in [0.1, 0.15) is 50.8 Å². The summed E-state index contributed by atoms with van der Waals surface area (Å²) in [5.41, 5.74) is -0.529. The maximum absolute atomic E-state index is 12.3. The molecule has 136 valence electrons. The van der Waals surface area contributed by atoms with Gasteiger partial charge in [0.2, 0.25) is 0 Å². The zero-order valence-corrected chi connectivity index (χ0v) is 14.5. The highest BCUT2D eigenvalue weighted by molar-refractivity contribution is 6.08. The molecule has 0 unspecified atom stereocenters. The first-order valence-electron chi connectivity index (χ1n) is 7.79. The van der Waals surface area contributed by atoms with E-state index in [1.165, 1.54) is 0 Å². The second-order valence-corrected chi connectivity index (χ2v) is 5.60. The lowest BCUT2D eigenvalue weighted by Crippen LogP contribution is -2.28. The van der Waals surface area contributed by atoms with Gasteiger partial charge in [-0.05, 0) is 39.2 Å². The van der Waals surface area contributed by atoms with Crippen molar-refractivity contribution in [3.63, 3.8) is 0 Å². The fourth-order valence-electron chi connectivity index (χ4n) is 2.19. The van der Waals surface area contributed by atoms with E-state index in [4.69, 9.17) is 4.74 Å². The van der Waals surface area contributed by atoms with E-state index in [9.17, 15) is 24.3 Å². The Kier molecular flexibility index (Phi) is 7.74. The number of ether oxygens (including phenoxy) is 1. The molecule has 1 amide bonds. The summed E-state index contributed by atoms with van der Waals surface area (Å²) in [5, 5.41) is 12.0. The normalized spacial score (nSPS) is 10.4. The minimum Gasteiger partial charge on any atom is -0.478 e. The van der Waals surface area contributed by atoms with Crippen LogP contribution < -0.4 is 10.1 Å². The number of ketones is 1. The van der Waals surface area contributed by atoms with Gasteiger partial charge >= 0.3 is 5.97 Å². The van der Waals surface area contributed by atoms with Gasteiger partial charge in [0.25, 0.3) is 12.4 Å². The van der Waals surface area contributed by atoms with Crippen LogP contribution in [-0.4, -0.2) is 61.3 Å². The van der Waals surface area contributed by atoms with Crippen molar-refractivity contribution in [1.82, 2.24) is 10.2 Å². The molecule has 0 fully saturated rings. The van der Waals surface area contributed by atoms with E-state index < -0.39 is 17.7 Å². The number of amides is 1. The minimum atomic E-state index is -1.35. The molecule has 0 radical (unpaired) electrons. The summed E-state index contributed by atoms with van der Waals surface area (Å²) in [6.45, 7) is 2.84. The van der Waals surface area contributed by atoms with Crippen molar-refractivity contribution in [2.75, 3.05) is 27.2 Å². The first-order chi connectivity index (χ1) is 11.8. The number of hydrogen-bond donors (Lipinski definition) is 2. The quantitative estimate of drug-likeness (QED) is 0.370. The van der Waals surface area contributed by atoms with Gasteiger partial charge in [0.15, 0.2) is 5.78 Å². The van der Waals surface area contributed by atoms with Crippen LogP contribution in [0, 0.1) is 0 Å². The lowest BCUT2D eigenvalue weighted by atomic mass is 9.98. The Hall–Kier alpha value is -2.74. The Bertz CT molecular complexity index is 669. The summed E-state index contributed by atoms with van der Waals surface area (Å²) in [6.07, 6.45) is 0.787. The summed E-state index contributed by atoms with van der Waals surface area (Å²) in [6, 6.07) is 2.18. The summed E-state index contributed by atoms with van der Waals surface area (Å²) >= 11 is 0. The monoisotopic (exact) mass is 350 g/mol. The van der Waals surface area contributed by atoms with Crippen LogP contribution in [0.3, 0.4) is 0 Å². The largest absolute Gasteiger partial charge is 0.478 e. The number of Topliss-reactive ketones (excluding diaryl/α,β-unsaturated/α-hetero) is 1. The predicted molar refractivity (Wildman–Crippen MR) is 90.2 cm³/mol. The molecule has 8 heteroatoms. The minimum absolute atomic E-state index is 0.0452. The summed E-state index contributed by atoms with van der Waals surface area (Å²) in [5.74, 6) is -2.48. The molecule has 1 rings (SSSR count). The van der Waals surface area contributed by atoms with Gasteiger partial charge in [0, 0.05) is 13.0 Å². The molecule has 0 aliphatic carbocycles. The zero-order valence-electron chi connectivity index (χ0n) is 14.5. The van der Waals surface area contributed by atoms with E-state index in [-0.39, 0.29) is 35.3 Å². The van der Waals surface area contributed by atoms with E-state index in [0.717, 1.165) is 18.7 Å². The highest BCUT2D eigenvalue weighted by Gasteiger charge is 2.23. The molecule has 0 aromatic heterocycles. The third-order valence-corrected chi connectivity index (χ3v) is 3.46. The van der Waals surface area contributed by atoms with Crippen molar-refractivity contribution in [3.8, 4) is 5.75 Å². The predicted octanol–water partition coefficient (Wildman–Crippen LogP) is 1.19. The molecule has 0 atom stereocenters. The van der Waals surface area contributed by atoms with Gasteiger partial charge < -0.3 is 20.1 Å². The Balaban J connectivity index is 3.17. The van der Waals surface area contributed by atoms with Crippen LogP contribution >= 0.6 is 0 Å². The smallest absolute Gasteiger partial charge is 0.336 e. The number of nitrogens with one attached hydrogen (secondary N) is 1. The third kappa shape index (κ3) is 5.68. The van der Waals surface area contributed by atoms with Crippen molar-refractivity contribution >= 4 is 24.1 Å². The Morgan fingerprint density at radius 1 is 1.20 bits per heavy atom. The van der Waals surface area contributed by atoms with Gasteiger partial charge in [-0.1, -0.05) is 6.92 Å². The van der Waals surface area contributed by atoms with Gasteiger partial charge in [-0.25, -0.2) is 4.79 Å². The highest BCUT2D eigenvalue weighted by Crippen LogP contribution is 2.25. The molecule has 1 aromatic carbocycles. The number of nitrogens with zero attached hydrogens (tertiary/aromatic N) is 1. The van der Waals surface area contributed by atoms with Crippen molar-refractivity contribution in [3.05, 3.63) is 28.8 Å². The number of carboxylic acids is 1. The zero-order chi connectivity index (χ0) is 19.0. The molecule has 0 aliphatic heterocycles. The lowest BCUT2D eigenvalue weighted by Gasteiger charge is -2.13. The van der Waals surface area contributed by atoms with Gasteiger partial charge in [-0.3, -0.25) is 14.4 Å². The van der Waals surface area contributed by atoms with Crippen LogP contribution in [-0.2, 0) is 4.79 Å². The van der Waals surface area contributed by atoms with Crippen LogP contribution in [0.2, 0.25) is 0 Å². The second-order valence-electron chi connectivity index (χ2n) is 5.60. The number of benzene rings is 1. The molecule has 0 saturated carbocycles. The standard InChI is InChI=1S/C17H22N2O6/c1-4-14(21)13-8-12(17(23)24)11(9-15(13)25-10-20)16(22)18-6-5-7-19(2)3/h8-10H,4-7H2,1-3H3,(H,18,22)(H,23,24). The molecule has 2 N–H and O–H groups in total. The fraction of sp³-hybridized carbons (Fsp3) is 0.412. The Labute approximate surface area is 145 Å². The van der Waals surface area contributed by atoms with Crippen LogP contribution in [0.15, 0.2) is 12.1 Å². The highest BCUT2D eigenvalue weighted by atomic mass is 16.5. The number of rotatable bonds is 10. The van der Waals surface area contributed by atoms with E-state index in [2.05, 4.69) is 5.32 Å². The molecule has 0 heterocycles. The van der Waals surface area contributed by atoms with Crippen molar-refractivity contribution in [2.45, 2.75) is 19.8 Å². The van der Waals surface area contributed by atoms with E-state index in [1.54, 1.807) is 6.92 Å². The maximum atomic E-state index is 12.3. The maximum Gasteiger partial charge on any atom is 0.336 e. The van der Waals surface area contributed by atoms with Crippen LogP contribution in [0.4, 0.5) is 0 Å². The first kappa shape index (κ1) is 20.3. The first-order valence-corrected chi connectivity index (χ1v) is 7.79. The molecular weight excluding hydrogens is 328 g/mol. The number of aromatic carboxylic acids is 1. The number of carbonyl (C=O) groups is 4. The number of hydrogen-bond acceptors (Lipinski definition) is 6. The Morgan fingerprint density at radius 2 is 1.88 bits per heavy atom. The lowest BCUT2D eigenvalue weighted by molar-refractivity contribution is -0.120. The SMILES string of the molecule is CCC(=O)c1cc(C(=O)O)c(C(=O)NCCCN(C)C)cc1OC=O. The fourth-order valence-corrected chi connectivity index (χ4v) is 2.19. The molecule has 0 saturated heterocycles. The van der Waals surface area contributed by atoms with E-state index >= 15 is 0 Å². The van der Waals surface area contributed by atoms with Crippen molar-refractivity contribution < 1.29 is 29.0 Å². The molecule has 8 nitrogen and oxygen atoms in total. The van der Waals surface area contributed by atoms with Crippen molar-refractivity contribution in [2.24, 2.45) is 0 Å². The van der Waals surface area contributed by atoms with Gasteiger partial charge in [0.05, 0.1) is 16.7 Å². The molecule has 0 aliphatic rings. The van der Waals surface area contributed by atoms with E-state index in [1.807, 2.05) is 19.0 Å². The van der Waals surface area contributed by atoms with Gasteiger partial charge in [-0.15, -0.1) is 0 Å². The van der Waals surface area contributed by atoms with Gasteiger partial charge in [0.1, 0.15) is 5.75 Å². The van der Waals surface area contributed by atoms with Crippen LogP contribution in [0.25, 0.3) is 0 Å². The van der Waals surface area contributed by atoms with E-state index in [0.29, 0.717) is 13.0 Å². The summed E-state index contributed by atoms with van der Waals surface area (Å²) in [4.78, 5) is 48.3.